The fourth-order valence-electron chi connectivity index (χ4n) is 1.37. The number of nitrogens with two attached hydrogens (primary N) is 1. The number of hydrogen-bond donors (Lipinski definition) is 1. The minimum atomic E-state index is 0.547. The highest BCUT2D eigenvalue weighted by molar-refractivity contribution is 5.23. The summed E-state index contributed by atoms with van der Waals surface area (Å²) < 4.78 is 1.80. The second-order valence-corrected chi connectivity index (χ2v) is 3.41. The van der Waals surface area contributed by atoms with Gasteiger partial charge in [0, 0.05) is 31.6 Å². The zero-order valence-corrected chi connectivity index (χ0v) is 8.59. The predicted molar refractivity (Wildman–Crippen MR) is 57.1 cm³/mol. The summed E-state index contributed by atoms with van der Waals surface area (Å²) in [5, 5.41) is 4.09. The van der Waals surface area contributed by atoms with Crippen LogP contribution in [0.4, 0.5) is 5.82 Å². The van der Waals surface area contributed by atoms with Gasteiger partial charge in [0.05, 0.1) is 11.4 Å². The first-order chi connectivity index (χ1) is 7.24. The largest absolute Gasteiger partial charge is 0.382 e. The van der Waals surface area contributed by atoms with Gasteiger partial charge < -0.3 is 5.73 Å². The van der Waals surface area contributed by atoms with Gasteiger partial charge in [-0.2, -0.15) is 5.10 Å². The van der Waals surface area contributed by atoms with Crippen molar-refractivity contribution in [2.45, 2.75) is 19.9 Å². The van der Waals surface area contributed by atoms with Crippen LogP contribution in [0.5, 0.6) is 0 Å². The number of anilines is 1. The fraction of sp³-hybridized carbons (Fsp3) is 0.300. The number of rotatable bonds is 3. The third-order valence-electron chi connectivity index (χ3n) is 2.06. The Morgan fingerprint density at radius 3 is 2.93 bits per heavy atom. The van der Waals surface area contributed by atoms with E-state index in [1.807, 2.05) is 13.1 Å². The molecular formula is C10H13N5. The van der Waals surface area contributed by atoms with Gasteiger partial charge in [0.2, 0.25) is 0 Å². The van der Waals surface area contributed by atoms with Crippen LogP contribution in [0, 0.1) is 6.92 Å². The van der Waals surface area contributed by atoms with E-state index in [0.29, 0.717) is 5.82 Å². The summed E-state index contributed by atoms with van der Waals surface area (Å²) in [6.07, 6.45) is 6.20. The average Bonchev–Trinajstić information content (AvgIpc) is 2.62. The second kappa shape index (κ2) is 4.08. The lowest BCUT2D eigenvalue weighted by Crippen LogP contribution is -2.04. The van der Waals surface area contributed by atoms with E-state index in [4.69, 9.17) is 5.73 Å². The van der Waals surface area contributed by atoms with Gasteiger partial charge in [-0.05, 0) is 13.0 Å². The SMILES string of the molecule is Cc1cncc(CCn2ccc(N)n2)n1. The lowest BCUT2D eigenvalue weighted by molar-refractivity contribution is 0.609. The highest BCUT2D eigenvalue weighted by atomic mass is 15.3. The molecule has 2 rings (SSSR count). The molecule has 0 fully saturated rings. The van der Waals surface area contributed by atoms with E-state index in [-0.39, 0.29) is 0 Å². The first-order valence-corrected chi connectivity index (χ1v) is 4.80. The van der Waals surface area contributed by atoms with Gasteiger partial charge in [-0.1, -0.05) is 0 Å². The molecule has 0 saturated heterocycles. The third kappa shape index (κ3) is 2.52. The van der Waals surface area contributed by atoms with Crippen LogP contribution in [0.25, 0.3) is 0 Å². The third-order valence-corrected chi connectivity index (χ3v) is 2.06. The van der Waals surface area contributed by atoms with E-state index in [1.165, 1.54) is 0 Å². The molecule has 0 saturated carbocycles. The summed E-state index contributed by atoms with van der Waals surface area (Å²) in [4.78, 5) is 8.45. The Bertz CT molecular complexity index is 449. The van der Waals surface area contributed by atoms with Gasteiger partial charge in [0.1, 0.15) is 5.82 Å². The number of nitrogen functional groups attached to an aromatic ring is 1. The molecule has 5 heteroatoms. The zero-order valence-electron chi connectivity index (χ0n) is 8.59. The number of hydrogen-bond acceptors (Lipinski definition) is 4. The normalized spacial score (nSPS) is 10.5. The van der Waals surface area contributed by atoms with Crippen molar-refractivity contribution in [3.63, 3.8) is 0 Å². The molecule has 78 valence electrons. The Labute approximate surface area is 88.0 Å². The molecule has 15 heavy (non-hydrogen) atoms. The molecule has 0 atom stereocenters. The maximum Gasteiger partial charge on any atom is 0.145 e. The molecule has 2 aromatic heterocycles. The molecular weight excluding hydrogens is 190 g/mol. The van der Waals surface area contributed by atoms with E-state index >= 15 is 0 Å². The molecule has 5 nitrogen and oxygen atoms in total. The molecule has 0 unspecified atom stereocenters. The second-order valence-electron chi connectivity index (χ2n) is 3.41. The molecule has 0 aromatic carbocycles. The van der Waals surface area contributed by atoms with E-state index in [9.17, 15) is 0 Å². The van der Waals surface area contributed by atoms with Crippen molar-refractivity contribution < 1.29 is 0 Å². The molecule has 2 heterocycles. The van der Waals surface area contributed by atoms with Crippen LogP contribution in [-0.2, 0) is 13.0 Å². The lowest BCUT2D eigenvalue weighted by Gasteiger charge is -2.01. The quantitative estimate of drug-likeness (QED) is 0.801. The maximum atomic E-state index is 5.51. The minimum Gasteiger partial charge on any atom is -0.382 e. The lowest BCUT2D eigenvalue weighted by atomic mass is 10.3. The number of nitrogens with zero attached hydrogens (tertiary/aromatic N) is 4. The zero-order chi connectivity index (χ0) is 10.7. The van der Waals surface area contributed by atoms with Crippen molar-refractivity contribution in [3.8, 4) is 0 Å². The first kappa shape index (κ1) is 9.64. The van der Waals surface area contributed by atoms with Crippen molar-refractivity contribution in [1.82, 2.24) is 19.7 Å². The monoisotopic (exact) mass is 203 g/mol. The minimum absolute atomic E-state index is 0.547. The summed E-state index contributed by atoms with van der Waals surface area (Å²) in [5.41, 5.74) is 7.43. The maximum absolute atomic E-state index is 5.51. The summed E-state index contributed by atoms with van der Waals surface area (Å²) in [6.45, 7) is 2.71. The van der Waals surface area contributed by atoms with Crippen LogP contribution in [0.15, 0.2) is 24.7 Å². The van der Waals surface area contributed by atoms with Crippen LogP contribution in [-0.4, -0.2) is 19.7 Å². The highest BCUT2D eigenvalue weighted by Crippen LogP contribution is 2.00. The summed E-state index contributed by atoms with van der Waals surface area (Å²) in [6, 6.07) is 1.78. The van der Waals surface area contributed by atoms with Gasteiger partial charge in [-0.15, -0.1) is 0 Å². The summed E-state index contributed by atoms with van der Waals surface area (Å²) >= 11 is 0. The summed E-state index contributed by atoms with van der Waals surface area (Å²) in [5.74, 6) is 0.547. The molecule has 0 spiro atoms. The topological polar surface area (TPSA) is 69.6 Å². The summed E-state index contributed by atoms with van der Waals surface area (Å²) in [7, 11) is 0. The Morgan fingerprint density at radius 1 is 1.40 bits per heavy atom. The number of aryl methyl sites for hydroxylation is 3. The predicted octanol–water partition coefficient (Wildman–Crippen LogP) is 0.806. The van der Waals surface area contributed by atoms with Crippen LogP contribution in [0.1, 0.15) is 11.4 Å². The van der Waals surface area contributed by atoms with Gasteiger partial charge >= 0.3 is 0 Å². The molecule has 0 radical (unpaired) electrons. The van der Waals surface area contributed by atoms with Gasteiger partial charge in [-0.25, -0.2) is 0 Å². The molecule has 2 aromatic rings. The molecule has 0 aliphatic heterocycles. The van der Waals surface area contributed by atoms with Gasteiger partial charge in [0.15, 0.2) is 0 Å². The van der Waals surface area contributed by atoms with Gasteiger partial charge in [0.25, 0.3) is 0 Å². The van der Waals surface area contributed by atoms with E-state index in [1.54, 1.807) is 23.1 Å². The van der Waals surface area contributed by atoms with Crippen LogP contribution < -0.4 is 5.73 Å². The standard InChI is InChI=1S/C10H13N5/c1-8-6-12-7-9(13-8)2-4-15-5-3-10(11)14-15/h3,5-7H,2,4H2,1H3,(H2,11,14). The first-order valence-electron chi connectivity index (χ1n) is 4.80. The molecule has 0 aliphatic carbocycles. The Kier molecular flexibility index (Phi) is 2.62. The van der Waals surface area contributed by atoms with Crippen molar-refractivity contribution in [2.75, 3.05) is 5.73 Å². The van der Waals surface area contributed by atoms with Gasteiger partial charge in [-0.3, -0.25) is 14.6 Å². The number of aromatic nitrogens is 4. The van der Waals surface area contributed by atoms with Crippen molar-refractivity contribution in [2.24, 2.45) is 0 Å². The van der Waals surface area contributed by atoms with Crippen molar-refractivity contribution >= 4 is 5.82 Å². The molecule has 0 aliphatic rings. The van der Waals surface area contributed by atoms with Crippen molar-refractivity contribution in [1.29, 1.82) is 0 Å². The fourth-order valence-corrected chi connectivity index (χ4v) is 1.37. The Balaban J connectivity index is 1.99. The smallest absolute Gasteiger partial charge is 0.145 e. The van der Waals surface area contributed by atoms with Crippen LogP contribution >= 0.6 is 0 Å². The Hall–Kier alpha value is -1.91. The van der Waals surface area contributed by atoms with E-state index in [2.05, 4.69) is 15.1 Å². The molecule has 0 amide bonds. The molecule has 0 bridgehead atoms. The average molecular weight is 203 g/mol. The van der Waals surface area contributed by atoms with Crippen molar-refractivity contribution in [3.05, 3.63) is 36.0 Å². The van der Waals surface area contributed by atoms with E-state index < -0.39 is 0 Å². The Morgan fingerprint density at radius 2 is 2.27 bits per heavy atom. The highest BCUT2D eigenvalue weighted by Gasteiger charge is 1.98. The van der Waals surface area contributed by atoms with Crippen LogP contribution in [0.2, 0.25) is 0 Å². The van der Waals surface area contributed by atoms with Crippen LogP contribution in [0.3, 0.4) is 0 Å². The molecule has 2 N–H and O–H groups in total. The van der Waals surface area contributed by atoms with E-state index in [0.717, 1.165) is 24.4 Å².